The molecule has 148 valence electrons. The smallest absolute Gasteiger partial charge is 0.329 e. The summed E-state index contributed by atoms with van der Waals surface area (Å²) in [5, 5.41) is 7.92. The molecule has 0 saturated carbocycles. The van der Waals surface area contributed by atoms with Crippen molar-refractivity contribution in [1.82, 2.24) is 10.6 Å². The van der Waals surface area contributed by atoms with Gasteiger partial charge in [-0.25, -0.2) is 9.59 Å². The van der Waals surface area contributed by atoms with Crippen molar-refractivity contribution in [2.45, 2.75) is 26.4 Å². The minimum atomic E-state index is -0.870. The summed E-state index contributed by atoms with van der Waals surface area (Å²) < 4.78 is 5.07. The van der Waals surface area contributed by atoms with Gasteiger partial charge in [0, 0.05) is 12.2 Å². The minimum absolute atomic E-state index is 0.207. The lowest BCUT2D eigenvalue weighted by Crippen LogP contribution is -2.47. The molecule has 0 aliphatic rings. The van der Waals surface area contributed by atoms with Crippen molar-refractivity contribution in [2.75, 3.05) is 11.9 Å². The number of urea groups is 1. The minimum Gasteiger partial charge on any atom is -0.454 e. The molecule has 2 aromatic rings. The fraction of sp³-hybridized carbons (Fsp3) is 0.286. The van der Waals surface area contributed by atoms with Crippen molar-refractivity contribution >= 4 is 23.6 Å². The number of hydrogen-bond acceptors (Lipinski definition) is 4. The number of ether oxygens (including phenoxy) is 1. The van der Waals surface area contributed by atoms with Crippen molar-refractivity contribution in [3.05, 3.63) is 66.2 Å². The Morgan fingerprint density at radius 1 is 0.929 bits per heavy atom. The number of esters is 1. The Hall–Kier alpha value is -3.35. The molecule has 0 bridgehead atoms. The van der Waals surface area contributed by atoms with E-state index in [1.807, 2.05) is 36.4 Å². The van der Waals surface area contributed by atoms with Gasteiger partial charge in [-0.15, -0.1) is 0 Å². The number of para-hydroxylation sites is 1. The van der Waals surface area contributed by atoms with Gasteiger partial charge in [-0.3, -0.25) is 4.79 Å². The first kappa shape index (κ1) is 21.0. The van der Waals surface area contributed by atoms with Crippen LogP contribution in [0.5, 0.6) is 0 Å². The topological polar surface area (TPSA) is 96.5 Å². The van der Waals surface area contributed by atoms with E-state index in [1.165, 1.54) is 0 Å². The second kappa shape index (κ2) is 10.7. The Morgan fingerprint density at radius 2 is 1.54 bits per heavy atom. The Kier molecular flexibility index (Phi) is 8.02. The van der Waals surface area contributed by atoms with Crippen LogP contribution in [-0.2, 0) is 20.9 Å². The Bertz CT molecular complexity index is 779. The Morgan fingerprint density at radius 3 is 2.14 bits per heavy atom. The van der Waals surface area contributed by atoms with E-state index < -0.39 is 30.6 Å². The highest BCUT2D eigenvalue weighted by Gasteiger charge is 2.26. The Balaban J connectivity index is 1.79. The van der Waals surface area contributed by atoms with E-state index in [4.69, 9.17) is 4.74 Å². The molecule has 2 aromatic carbocycles. The molecule has 0 aliphatic carbocycles. The van der Waals surface area contributed by atoms with Crippen molar-refractivity contribution < 1.29 is 19.1 Å². The number of benzene rings is 2. The average molecular weight is 383 g/mol. The first-order valence-corrected chi connectivity index (χ1v) is 9.05. The number of amides is 3. The highest BCUT2D eigenvalue weighted by atomic mass is 16.5. The second-order valence-electron chi connectivity index (χ2n) is 6.56. The van der Waals surface area contributed by atoms with Crippen LogP contribution in [0.4, 0.5) is 10.5 Å². The summed E-state index contributed by atoms with van der Waals surface area (Å²) >= 11 is 0. The molecule has 1 atom stereocenters. The van der Waals surface area contributed by atoms with E-state index in [1.54, 1.807) is 38.1 Å². The molecule has 0 radical (unpaired) electrons. The summed E-state index contributed by atoms with van der Waals surface area (Å²) in [5.74, 6) is -1.28. The number of anilines is 1. The summed E-state index contributed by atoms with van der Waals surface area (Å²) in [6.07, 6.45) is 0. The van der Waals surface area contributed by atoms with Gasteiger partial charge in [-0.1, -0.05) is 62.4 Å². The fourth-order valence-electron chi connectivity index (χ4n) is 2.40. The zero-order chi connectivity index (χ0) is 20.4. The van der Waals surface area contributed by atoms with E-state index in [0.717, 1.165) is 5.56 Å². The van der Waals surface area contributed by atoms with Crippen molar-refractivity contribution in [3.63, 3.8) is 0 Å². The van der Waals surface area contributed by atoms with Gasteiger partial charge in [0.1, 0.15) is 6.04 Å². The normalized spacial score (nSPS) is 11.4. The molecule has 3 amide bonds. The Labute approximate surface area is 164 Å². The second-order valence-corrected chi connectivity index (χ2v) is 6.56. The number of carbonyl (C=O) groups is 3. The first-order valence-electron chi connectivity index (χ1n) is 9.05. The summed E-state index contributed by atoms with van der Waals surface area (Å²) in [7, 11) is 0. The third-order valence-corrected chi connectivity index (χ3v) is 3.92. The SMILES string of the molecule is CC(C)[C@@H](NC(=O)Nc1ccccc1)C(=O)OCC(=O)NCc1ccccc1. The summed E-state index contributed by atoms with van der Waals surface area (Å²) in [6, 6.07) is 16.9. The van der Waals surface area contributed by atoms with Crippen LogP contribution >= 0.6 is 0 Å². The van der Waals surface area contributed by atoms with Crippen LogP contribution in [0.1, 0.15) is 19.4 Å². The maximum atomic E-state index is 12.3. The molecule has 0 aliphatic heterocycles. The van der Waals surface area contributed by atoms with Gasteiger partial charge in [0.25, 0.3) is 5.91 Å². The van der Waals surface area contributed by atoms with Gasteiger partial charge in [0.2, 0.25) is 0 Å². The predicted molar refractivity (Wildman–Crippen MR) is 106 cm³/mol. The monoisotopic (exact) mass is 383 g/mol. The fourth-order valence-corrected chi connectivity index (χ4v) is 2.40. The van der Waals surface area contributed by atoms with Gasteiger partial charge in [0.15, 0.2) is 6.61 Å². The van der Waals surface area contributed by atoms with Crippen LogP contribution in [0, 0.1) is 5.92 Å². The van der Waals surface area contributed by atoms with Crippen molar-refractivity contribution in [3.8, 4) is 0 Å². The van der Waals surface area contributed by atoms with Crippen molar-refractivity contribution in [1.29, 1.82) is 0 Å². The molecule has 0 spiro atoms. The number of carbonyl (C=O) groups excluding carboxylic acids is 3. The standard InChI is InChI=1S/C21H25N3O4/c1-15(2)19(24-21(27)23-17-11-7-4-8-12-17)20(26)28-14-18(25)22-13-16-9-5-3-6-10-16/h3-12,15,19H,13-14H2,1-2H3,(H,22,25)(H2,23,24,27)/t19-/m1/s1. The molecule has 3 N–H and O–H groups in total. The molecular formula is C21H25N3O4. The lowest BCUT2D eigenvalue weighted by Gasteiger charge is -2.21. The van der Waals surface area contributed by atoms with Crippen LogP contribution in [-0.4, -0.2) is 30.6 Å². The first-order chi connectivity index (χ1) is 13.5. The van der Waals surface area contributed by atoms with E-state index in [0.29, 0.717) is 12.2 Å². The number of hydrogen-bond donors (Lipinski definition) is 3. The van der Waals surface area contributed by atoms with Gasteiger partial charge in [-0.05, 0) is 23.6 Å². The highest BCUT2D eigenvalue weighted by molar-refractivity contribution is 5.93. The number of nitrogens with one attached hydrogen (secondary N) is 3. The molecule has 28 heavy (non-hydrogen) atoms. The third kappa shape index (κ3) is 7.11. The van der Waals surface area contributed by atoms with Gasteiger partial charge in [0.05, 0.1) is 0 Å². The maximum Gasteiger partial charge on any atom is 0.329 e. The number of rotatable bonds is 8. The molecule has 7 nitrogen and oxygen atoms in total. The highest BCUT2D eigenvalue weighted by Crippen LogP contribution is 2.07. The molecule has 7 heteroatoms. The van der Waals surface area contributed by atoms with Crippen LogP contribution in [0.2, 0.25) is 0 Å². The summed E-state index contributed by atoms with van der Waals surface area (Å²) in [4.78, 5) is 36.3. The van der Waals surface area contributed by atoms with Crippen molar-refractivity contribution in [2.24, 2.45) is 5.92 Å². The maximum absolute atomic E-state index is 12.3. The van der Waals surface area contributed by atoms with Gasteiger partial charge < -0.3 is 20.7 Å². The van der Waals surface area contributed by atoms with E-state index in [-0.39, 0.29) is 5.92 Å². The molecular weight excluding hydrogens is 358 g/mol. The van der Waals surface area contributed by atoms with E-state index >= 15 is 0 Å². The van der Waals surface area contributed by atoms with Gasteiger partial charge in [-0.2, -0.15) is 0 Å². The zero-order valence-corrected chi connectivity index (χ0v) is 16.0. The van der Waals surface area contributed by atoms with E-state index in [9.17, 15) is 14.4 Å². The predicted octanol–water partition coefficient (Wildman–Crippen LogP) is 2.69. The van der Waals surface area contributed by atoms with Crippen LogP contribution in [0.25, 0.3) is 0 Å². The quantitative estimate of drug-likeness (QED) is 0.611. The van der Waals surface area contributed by atoms with Crippen LogP contribution in [0.3, 0.4) is 0 Å². The molecule has 0 saturated heterocycles. The summed E-state index contributed by atoms with van der Waals surface area (Å²) in [6.45, 7) is 3.51. The van der Waals surface area contributed by atoms with Gasteiger partial charge >= 0.3 is 12.0 Å². The lowest BCUT2D eigenvalue weighted by molar-refractivity contribution is -0.151. The van der Waals surface area contributed by atoms with E-state index in [2.05, 4.69) is 16.0 Å². The molecule has 0 aromatic heterocycles. The summed E-state index contributed by atoms with van der Waals surface area (Å²) in [5.41, 5.74) is 1.55. The molecule has 0 fully saturated rings. The third-order valence-electron chi connectivity index (χ3n) is 3.92. The lowest BCUT2D eigenvalue weighted by atomic mass is 10.1. The molecule has 0 unspecified atom stereocenters. The zero-order valence-electron chi connectivity index (χ0n) is 16.0. The molecule has 2 rings (SSSR count). The molecule has 0 heterocycles. The van der Waals surface area contributed by atoms with Crippen LogP contribution < -0.4 is 16.0 Å². The average Bonchev–Trinajstić information content (AvgIpc) is 2.70. The van der Waals surface area contributed by atoms with Crippen LogP contribution in [0.15, 0.2) is 60.7 Å². The largest absolute Gasteiger partial charge is 0.454 e.